The molecule has 0 amide bonds. The van der Waals surface area contributed by atoms with Crippen molar-refractivity contribution >= 4 is 17.1 Å². The topological polar surface area (TPSA) is 3.24 Å². The van der Waals surface area contributed by atoms with Crippen LogP contribution in [0.4, 0.5) is 17.1 Å². The SMILES string of the molecule is Cc1ccc(N(c2ccc(C)cc2)c2ccc(-c3ccc4c(c3)C(C)(C)c3ccccc3-4)c(-c3ccccc3)c2)cc1. The molecule has 0 fully saturated rings. The van der Waals surface area contributed by atoms with Crippen LogP contribution in [0.15, 0.2) is 140 Å². The zero-order chi connectivity index (χ0) is 28.8. The van der Waals surface area contributed by atoms with Gasteiger partial charge in [0.05, 0.1) is 0 Å². The smallest absolute Gasteiger partial charge is 0.0468 e. The van der Waals surface area contributed by atoms with Crippen molar-refractivity contribution < 1.29 is 0 Å². The molecule has 0 atom stereocenters. The van der Waals surface area contributed by atoms with Crippen molar-refractivity contribution in [2.45, 2.75) is 33.1 Å². The van der Waals surface area contributed by atoms with Crippen LogP contribution >= 0.6 is 0 Å². The van der Waals surface area contributed by atoms with E-state index in [9.17, 15) is 0 Å². The molecule has 1 aliphatic rings. The fraction of sp³-hybridized carbons (Fsp3) is 0.122. The first-order valence-electron chi connectivity index (χ1n) is 14.8. The summed E-state index contributed by atoms with van der Waals surface area (Å²) in [7, 11) is 0. The van der Waals surface area contributed by atoms with Crippen molar-refractivity contribution in [1.29, 1.82) is 0 Å². The van der Waals surface area contributed by atoms with E-state index in [1.807, 2.05) is 0 Å². The number of anilines is 3. The molecule has 6 aromatic carbocycles. The van der Waals surface area contributed by atoms with Crippen molar-refractivity contribution in [2.75, 3.05) is 4.90 Å². The second kappa shape index (κ2) is 10.2. The molecular formula is C41H35N. The molecule has 6 aromatic rings. The van der Waals surface area contributed by atoms with Gasteiger partial charge in [-0.1, -0.05) is 122 Å². The lowest BCUT2D eigenvalue weighted by Crippen LogP contribution is -2.14. The van der Waals surface area contributed by atoms with Gasteiger partial charge in [0, 0.05) is 22.5 Å². The third kappa shape index (κ3) is 4.43. The van der Waals surface area contributed by atoms with Gasteiger partial charge in [0.2, 0.25) is 0 Å². The Morgan fingerprint density at radius 1 is 0.405 bits per heavy atom. The zero-order valence-corrected chi connectivity index (χ0v) is 24.7. The second-order valence-electron chi connectivity index (χ2n) is 12.0. The molecule has 1 nitrogen and oxygen atoms in total. The van der Waals surface area contributed by atoms with Crippen molar-refractivity contribution in [3.63, 3.8) is 0 Å². The van der Waals surface area contributed by atoms with Crippen molar-refractivity contribution in [3.05, 3.63) is 162 Å². The van der Waals surface area contributed by atoms with Crippen LogP contribution in [0.3, 0.4) is 0 Å². The molecule has 204 valence electrons. The highest BCUT2D eigenvalue weighted by molar-refractivity contribution is 5.91. The normalized spacial score (nSPS) is 13.0. The molecule has 0 bridgehead atoms. The Morgan fingerprint density at radius 3 is 1.62 bits per heavy atom. The predicted molar refractivity (Wildman–Crippen MR) is 179 cm³/mol. The summed E-state index contributed by atoms with van der Waals surface area (Å²) in [5.41, 5.74) is 16.3. The average molecular weight is 542 g/mol. The largest absolute Gasteiger partial charge is 0.310 e. The molecule has 1 heteroatoms. The summed E-state index contributed by atoms with van der Waals surface area (Å²) >= 11 is 0. The average Bonchev–Trinajstić information content (AvgIpc) is 3.25. The lowest BCUT2D eigenvalue weighted by atomic mass is 9.81. The molecule has 0 aromatic heterocycles. The maximum Gasteiger partial charge on any atom is 0.0468 e. The number of rotatable bonds is 5. The molecule has 0 radical (unpaired) electrons. The molecule has 0 aliphatic heterocycles. The Bertz CT molecular complexity index is 1850. The first-order chi connectivity index (χ1) is 20.4. The number of hydrogen-bond acceptors (Lipinski definition) is 1. The molecule has 1 aliphatic carbocycles. The van der Waals surface area contributed by atoms with Gasteiger partial charge in [0.1, 0.15) is 0 Å². The van der Waals surface area contributed by atoms with Crippen LogP contribution in [-0.2, 0) is 5.41 Å². The highest BCUT2D eigenvalue weighted by Crippen LogP contribution is 2.50. The van der Waals surface area contributed by atoms with E-state index < -0.39 is 0 Å². The van der Waals surface area contributed by atoms with E-state index in [-0.39, 0.29) is 5.41 Å². The summed E-state index contributed by atoms with van der Waals surface area (Å²) in [5.74, 6) is 0. The molecule has 0 saturated carbocycles. The summed E-state index contributed by atoms with van der Waals surface area (Å²) < 4.78 is 0. The minimum absolute atomic E-state index is 0.0392. The Balaban J connectivity index is 1.41. The Hall–Kier alpha value is -4.88. The summed E-state index contributed by atoms with van der Waals surface area (Å²) in [6, 6.07) is 51.2. The third-order valence-electron chi connectivity index (χ3n) is 8.82. The zero-order valence-electron chi connectivity index (χ0n) is 24.7. The maximum absolute atomic E-state index is 2.43. The Labute approximate surface area is 249 Å². The van der Waals surface area contributed by atoms with Crippen LogP contribution < -0.4 is 4.90 Å². The molecule has 0 spiro atoms. The molecule has 0 heterocycles. The van der Waals surface area contributed by atoms with Gasteiger partial charge in [-0.05, 0) is 101 Å². The van der Waals surface area contributed by atoms with Gasteiger partial charge >= 0.3 is 0 Å². The van der Waals surface area contributed by atoms with Gasteiger partial charge in [-0.3, -0.25) is 0 Å². The van der Waals surface area contributed by atoms with Crippen LogP contribution in [0.25, 0.3) is 33.4 Å². The number of hydrogen-bond donors (Lipinski definition) is 0. The van der Waals surface area contributed by atoms with E-state index in [0.717, 1.165) is 17.1 Å². The van der Waals surface area contributed by atoms with Crippen LogP contribution in [0.5, 0.6) is 0 Å². The molecular weight excluding hydrogens is 506 g/mol. The van der Waals surface area contributed by atoms with Gasteiger partial charge < -0.3 is 4.90 Å². The third-order valence-corrected chi connectivity index (χ3v) is 8.82. The lowest BCUT2D eigenvalue weighted by molar-refractivity contribution is 0.660. The monoisotopic (exact) mass is 541 g/mol. The fourth-order valence-electron chi connectivity index (χ4n) is 6.49. The van der Waals surface area contributed by atoms with Gasteiger partial charge in [0.25, 0.3) is 0 Å². The minimum atomic E-state index is -0.0392. The number of nitrogens with zero attached hydrogens (tertiary/aromatic N) is 1. The molecule has 0 saturated heterocycles. The van der Waals surface area contributed by atoms with Crippen molar-refractivity contribution in [3.8, 4) is 33.4 Å². The van der Waals surface area contributed by atoms with Crippen molar-refractivity contribution in [2.24, 2.45) is 0 Å². The predicted octanol–water partition coefficient (Wildman–Crippen LogP) is 11.4. The van der Waals surface area contributed by atoms with Gasteiger partial charge in [-0.2, -0.15) is 0 Å². The standard InChI is InChI=1S/C41H35N/c1-28-14-19-32(20-15-28)42(33-21-16-29(2)17-22-33)34-23-25-35(38(27-34)30-10-6-5-7-11-30)31-18-24-37-36-12-8-9-13-39(36)41(3,4)40(37)26-31/h5-27H,1-4H3. The molecule has 7 rings (SSSR count). The number of benzene rings is 6. The van der Waals surface area contributed by atoms with E-state index in [1.54, 1.807) is 0 Å². The van der Waals surface area contributed by atoms with E-state index in [2.05, 4.69) is 172 Å². The van der Waals surface area contributed by atoms with Crippen molar-refractivity contribution in [1.82, 2.24) is 0 Å². The van der Waals surface area contributed by atoms with Gasteiger partial charge in [-0.15, -0.1) is 0 Å². The summed E-state index contributed by atoms with van der Waals surface area (Å²) in [5, 5.41) is 0. The Kier molecular flexibility index (Phi) is 6.32. The van der Waals surface area contributed by atoms with E-state index in [1.165, 1.54) is 55.6 Å². The quantitative estimate of drug-likeness (QED) is 0.210. The highest BCUT2D eigenvalue weighted by atomic mass is 15.1. The first-order valence-corrected chi connectivity index (χ1v) is 14.8. The number of aryl methyl sites for hydroxylation is 2. The van der Waals surface area contributed by atoms with E-state index in [4.69, 9.17) is 0 Å². The maximum atomic E-state index is 2.43. The second-order valence-corrected chi connectivity index (χ2v) is 12.0. The summed E-state index contributed by atoms with van der Waals surface area (Å²) in [6.45, 7) is 8.98. The Morgan fingerprint density at radius 2 is 0.952 bits per heavy atom. The highest BCUT2D eigenvalue weighted by Gasteiger charge is 2.35. The molecule has 0 N–H and O–H groups in total. The molecule has 42 heavy (non-hydrogen) atoms. The molecule has 0 unspecified atom stereocenters. The van der Waals surface area contributed by atoms with E-state index in [0.29, 0.717) is 0 Å². The van der Waals surface area contributed by atoms with Crippen LogP contribution in [0, 0.1) is 13.8 Å². The van der Waals surface area contributed by atoms with Crippen LogP contribution in [0.2, 0.25) is 0 Å². The van der Waals surface area contributed by atoms with Crippen LogP contribution in [-0.4, -0.2) is 0 Å². The van der Waals surface area contributed by atoms with Gasteiger partial charge in [-0.25, -0.2) is 0 Å². The lowest BCUT2D eigenvalue weighted by Gasteiger charge is -2.27. The van der Waals surface area contributed by atoms with Gasteiger partial charge in [0.15, 0.2) is 0 Å². The van der Waals surface area contributed by atoms with E-state index >= 15 is 0 Å². The number of fused-ring (bicyclic) bond motifs is 3. The summed E-state index contributed by atoms with van der Waals surface area (Å²) in [4.78, 5) is 2.36. The van der Waals surface area contributed by atoms with Crippen LogP contribution in [0.1, 0.15) is 36.1 Å². The summed E-state index contributed by atoms with van der Waals surface area (Å²) in [6.07, 6.45) is 0. The minimum Gasteiger partial charge on any atom is -0.310 e. The first kappa shape index (κ1) is 26.0. The fourth-order valence-corrected chi connectivity index (χ4v) is 6.49.